The highest BCUT2D eigenvalue weighted by Crippen LogP contribution is 2.32. The third kappa shape index (κ3) is 4.88. The number of carbonyl (C=O) groups is 2. The molecule has 0 atom stereocenters. The molecule has 2 aromatic rings. The smallest absolute Gasteiger partial charge is 0.230 e. The van der Waals surface area contributed by atoms with Crippen LogP contribution in [-0.4, -0.2) is 43.1 Å². The first-order chi connectivity index (χ1) is 11.0. The summed E-state index contributed by atoms with van der Waals surface area (Å²) in [5.41, 5.74) is 0. The fraction of sp³-hybridized carbons (Fsp3) is 0.294. The number of rotatable bonds is 6. The van der Waals surface area contributed by atoms with Gasteiger partial charge in [0.2, 0.25) is 11.8 Å². The number of hydrogen-bond acceptors (Lipinski definition) is 3. The van der Waals surface area contributed by atoms with Crippen LogP contribution < -0.4 is 5.32 Å². The lowest BCUT2D eigenvalue weighted by Crippen LogP contribution is -2.31. The van der Waals surface area contributed by atoms with Crippen molar-refractivity contribution in [3.63, 3.8) is 0 Å². The van der Waals surface area contributed by atoms with Crippen molar-refractivity contribution in [2.24, 2.45) is 0 Å². The van der Waals surface area contributed by atoms with E-state index in [2.05, 4.69) is 5.32 Å². The van der Waals surface area contributed by atoms with Crippen LogP contribution in [0.15, 0.2) is 41.3 Å². The molecule has 2 rings (SSSR count). The van der Waals surface area contributed by atoms with Gasteiger partial charge in [0.05, 0.1) is 5.75 Å². The van der Waals surface area contributed by atoms with Gasteiger partial charge < -0.3 is 10.2 Å². The maximum absolute atomic E-state index is 11.9. The minimum absolute atomic E-state index is 0.00112. The minimum Gasteiger partial charge on any atom is -0.355 e. The Balaban J connectivity index is 1.91. The van der Waals surface area contributed by atoms with Crippen LogP contribution in [0.3, 0.4) is 0 Å². The SMILES string of the molecule is CN(C)C(=O)CCNC(=O)CSc1cccc2cccc(Cl)c12. The monoisotopic (exact) mass is 350 g/mol. The molecule has 0 saturated carbocycles. The molecule has 0 unspecified atom stereocenters. The molecule has 2 aromatic carbocycles. The summed E-state index contributed by atoms with van der Waals surface area (Å²) in [6.07, 6.45) is 0.309. The Morgan fingerprint density at radius 3 is 2.57 bits per heavy atom. The quantitative estimate of drug-likeness (QED) is 0.814. The van der Waals surface area contributed by atoms with Crippen LogP contribution in [0, 0.1) is 0 Å². The summed E-state index contributed by atoms with van der Waals surface area (Å²) >= 11 is 7.72. The molecule has 2 amide bonds. The number of nitrogens with zero attached hydrogens (tertiary/aromatic N) is 1. The average Bonchev–Trinajstić information content (AvgIpc) is 2.52. The standard InChI is InChI=1S/C17H19ClN2O2S/c1-20(2)16(22)9-10-19-15(21)11-23-14-8-4-6-12-5-3-7-13(18)17(12)14/h3-8H,9-11H2,1-2H3,(H,19,21). The number of benzene rings is 2. The van der Waals surface area contributed by atoms with E-state index in [4.69, 9.17) is 11.6 Å². The molecule has 0 spiro atoms. The van der Waals surface area contributed by atoms with E-state index in [9.17, 15) is 9.59 Å². The molecule has 0 heterocycles. The van der Waals surface area contributed by atoms with Gasteiger partial charge in [-0.15, -0.1) is 11.8 Å². The van der Waals surface area contributed by atoms with Crippen molar-refractivity contribution in [3.05, 3.63) is 41.4 Å². The third-order valence-corrected chi connectivity index (χ3v) is 4.71. The molecule has 0 aliphatic rings. The van der Waals surface area contributed by atoms with E-state index in [1.165, 1.54) is 16.7 Å². The van der Waals surface area contributed by atoms with Crippen molar-refractivity contribution in [1.82, 2.24) is 10.2 Å². The van der Waals surface area contributed by atoms with Crippen LogP contribution in [0.4, 0.5) is 0 Å². The second kappa shape index (κ2) is 8.22. The van der Waals surface area contributed by atoms with Gasteiger partial charge in [-0.25, -0.2) is 0 Å². The Labute approximate surface area is 145 Å². The molecule has 0 fully saturated rings. The Kier molecular flexibility index (Phi) is 6.30. The lowest BCUT2D eigenvalue weighted by molar-refractivity contribution is -0.128. The molecule has 6 heteroatoms. The van der Waals surface area contributed by atoms with E-state index < -0.39 is 0 Å². The van der Waals surface area contributed by atoms with Gasteiger partial charge in [-0.2, -0.15) is 0 Å². The highest BCUT2D eigenvalue weighted by molar-refractivity contribution is 8.00. The van der Waals surface area contributed by atoms with Crippen LogP contribution in [0.25, 0.3) is 10.8 Å². The fourth-order valence-corrected chi connectivity index (χ4v) is 3.38. The third-order valence-electron chi connectivity index (χ3n) is 3.33. The van der Waals surface area contributed by atoms with Crippen molar-refractivity contribution in [2.45, 2.75) is 11.3 Å². The molecule has 0 aliphatic heterocycles. The van der Waals surface area contributed by atoms with E-state index in [0.29, 0.717) is 23.7 Å². The van der Waals surface area contributed by atoms with Gasteiger partial charge in [-0.1, -0.05) is 35.9 Å². The van der Waals surface area contributed by atoms with Gasteiger partial charge in [0.1, 0.15) is 0 Å². The molecular weight excluding hydrogens is 332 g/mol. The summed E-state index contributed by atoms with van der Waals surface area (Å²) in [7, 11) is 3.40. The summed E-state index contributed by atoms with van der Waals surface area (Å²) < 4.78 is 0. The van der Waals surface area contributed by atoms with Crippen LogP contribution in [-0.2, 0) is 9.59 Å². The van der Waals surface area contributed by atoms with Crippen LogP contribution in [0.1, 0.15) is 6.42 Å². The van der Waals surface area contributed by atoms with Gasteiger partial charge >= 0.3 is 0 Å². The second-order valence-electron chi connectivity index (χ2n) is 5.27. The molecule has 0 radical (unpaired) electrons. The Morgan fingerprint density at radius 1 is 1.17 bits per heavy atom. The number of carbonyl (C=O) groups excluding carboxylic acids is 2. The van der Waals surface area contributed by atoms with Crippen LogP contribution in [0.5, 0.6) is 0 Å². The van der Waals surface area contributed by atoms with Gasteiger partial charge in [-0.05, 0) is 17.5 Å². The molecule has 0 saturated heterocycles. The van der Waals surface area contributed by atoms with Crippen molar-refractivity contribution >= 4 is 45.9 Å². The number of fused-ring (bicyclic) bond motifs is 1. The minimum atomic E-state index is -0.0920. The maximum Gasteiger partial charge on any atom is 0.230 e. The maximum atomic E-state index is 11.9. The van der Waals surface area contributed by atoms with Gasteiger partial charge in [0, 0.05) is 42.4 Å². The number of amides is 2. The van der Waals surface area contributed by atoms with Crippen molar-refractivity contribution in [3.8, 4) is 0 Å². The molecule has 23 heavy (non-hydrogen) atoms. The predicted molar refractivity (Wildman–Crippen MR) is 96.0 cm³/mol. The van der Waals surface area contributed by atoms with Crippen molar-refractivity contribution in [1.29, 1.82) is 0 Å². The first kappa shape index (κ1) is 17.6. The fourth-order valence-electron chi connectivity index (χ4n) is 2.11. The van der Waals surface area contributed by atoms with Crippen molar-refractivity contribution < 1.29 is 9.59 Å². The highest BCUT2D eigenvalue weighted by Gasteiger charge is 2.09. The zero-order valence-corrected chi connectivity index (χ0v) is 14.7. The summed E-state index contributed by atoms with van der Waals surface area (Å²) in [4.78, 5) is 25.8. The second-order valence-corrected chi connectivity index (χ2v) is 6.70. The van der Waals surface area contributed by atoms with Crippen molar-refractivity contribution in [2.75, 3.05) is 26.4 Å². The lowest BCUT2D eigenvalue weighted by Gasteiger charge is -2.11. The summed E-state index contributed by atoms with van der Waals surface area (Å²) in [6, 6.07) is 11.7. The molecule has 122 valence electrons. The molecule has 0 bridgehead atoms. The zero-order chi connectivity index (χ0) is 16.8. The zero-order valence-electron chi connectivity index (χ0n) is 13.1. The predicted octanol–water partition coefficient (Wildman–Crippen LogP) is 3.18. The summed E-state index contributed by atoms with van der Waals surface area (Å²) in [5, 5.41) is 5.47. The Hall–Kier alpha value is -1.72. The summed E-state index contributed by atoms with van der Waals surface area (Å²) in [5.74, 6) is 0.199. The van der Waals surface area contributed by atoms with E-state index >= 15 is 0 Å². The lowest BCUT2D eigenvalue weighted by atomic mass is 10.1. The van der Waals surface area contributed by atoms with E-state index in [-0.39, 0.29) is 11.8 Å². The Morgan fingerprint density at radius 2 is 1.87 bits per heavy atom. The number of thioether (sulfide) groups is 1. The largest absolute Gasteiger partial charge is 0.355 e. The molecule has 0 aliphatic carbocycles. The molecule has 4 nitrogen and oxygen atoms in total. The first-order valence-electron chi connectivity index (χ1n) is 7.26. The van der Waals surface area contributed by atoms with E-state index in [1.807, 2.05) is 36.4 Å². The van der Waals surface area contributed by atoms with Crippen LogP contribution in [0.2, 0.25) is 5.02 Å². The van der Waals surface area contributed by atoms with Crippen LogP contribution >= 0.6 is 23.4 Å². The first-order valence-corrected chi connectivity index (χ1v) is 8.62. The molecule has 1 N–H and O–H groups in total. The number of halogens is 1. The topological polar surface area (TPSA) is 49.4 Å². The van der Waals surface area contributed by atoms with Gasteiger partial charge in [-0.3, -0.25) is 9.59 Å². The highest BCUT2D eigenvalue weighted by atomic mass is 35.5. The van der Waals surface area contributed by atoms with Gasteiger partial charge in [0.15, 0.2) is 0 Å². The average molecular weight is 351 g/mol. The number of nitrogens with one attached hydrogen (secondary N) is 1. The van der Waals surface area contributed by atoms with Gasteiger partial charge in [0.25, 0.3) is 0 Å². The molecule has 0 aromatic heterocycles. The molecular formula is C17H19ClN2O2S. The Bertz CT molecular complexity index is 714. The van der Waals surface area contributed by atoms with E-state index in [0.717, 1.165) is 15.7 Å². The van der Waals surface area contributed by atoms with E-state index in [1.54, 1.807) is 14.1 Å². The summed E-state index contributed by atoms with van der Waals surface area (Å²) in [6.45, 7) is 0.354. The number of hydrogen-bond donors (Lipinski definition) is 1. The normalized spacial score (nSPS) is 10.6.